The highest BCUT2D eigenvalue weighted by molar-refractivity contribution is 6.08. The number of carbonyl (C=O) groups excluding carboxylic acids is 1. The van der Waals surface area contributed by atoms with Gasteiger partial charge in [-0.2, -0.15) is 0 Å². The highest BCUT2D eigenvalue weighted by atomic mass is 16.3. The van der Waals surface area contributed by atoms with Crippen molar-refractivity contribution in [2.24, 2.45) is 0 Å². The molecule has 0 fully saturated rings. The number of pyridine rings is 1. The quantitative estimate of drug-likeness (QED) is 0.852. The van der Waals surface area contributed by atoms with Crippen LogP contribution >= 0.6 is 0 Å². The number of aromatic nitrogens is 1. The van der Waals surface area contributed by atoms with E-state index in [-0.39, 0.29) is 5.91 Å². The van der Waals surface area contributed by atoms with Gasteiger partial charge in [-0.05, 0) is 24.3 Å². The van der Waals surface area contributed by atoms with E-state index < -0.39 is 0 Å². The Morgan fingerprint density at radius 2 is 2.06 bits per heavy atom. The minimum Gasteiger partial charge on any atom is -0.465 e. The Morgan fingerprint density at radius 3 is 2.76 bits per heavy atom. The predicted molar refractivity (Wildman–Crippen MR) is 62.5 cm³/mol. The van der Waals surface area contributed by atoms with Gasteiger partial charge < -0.3 is 9.73 Å². The summed E-state index contributed by atoms with van der Waals surface area (Å²) in [4.78, 5) is 15.5. The third-order valence-electron chi connectivity index (χ3n) is 2.69. The molecule has 0 saturated carbocycles. The minimum atomic E-state index is -0.0109. The molecular formula is C13H10N2O2. The molecule has 0 spiro atoms. The van der Waals surface area contributed by atoms with Crippen LogP contribution in [-0.2, 0) is 4.79 Å². The van der Waals surface area contributed by atoms with Gasteiger partial charge in [0.25, 0.3) is 0 Å². The van der Waals surface area contributed by atoms with Gasteiger partial charge >= 0.3 is 0 Å². The summed E-state index contributed by atoms with van der Waals surface area (Å²) in [6.07, 6.45) is 5.36. The number of hydrogen-bond donors (Lipinski definition) is 1. The van der Waals surface area contributed by atoms with Crippen molar-refractivity contribution in [3.05, 3.63) is 54.2 Å². The fourth-order valence-electron chi connectivity index (χ4n) is 1.93. The number of carbonyl (C=O) groups is 1. The first-order chi connectivity index (χ1) is 8.34. The van der Waals surface area contributed by atoms with Crippen LogP contribution in [0.2, 0.25) is 0 Å². The van der Waals surface area contributed by atoms with Crippen LogP contribution in [0.3, 0.4) is 0 Å². The monoisotopic (exact) mass is 226 g/mol. The lowest BCUT2D eigenvalue weighted by atomic mass is 10.1. The molecule has 1 N–H and O–H groups in total. The molecule has 0 unspecified atom stereocenters. The van der Waals surface area contributed by atoms with Gasteiger partial charge in [0, 0.05) is 23.5 Å². The molecule has 0 aromatic carbocycles. The Hall–Kier alpha value is -2.36. The summed E-state index contributed by atoms with van der Waals surface area (Å²) >= 11 is 0. The number of nitrogens with one attached hydrogen (secondary N) is 1. The van der Waals surface area contributed by atoms with Crippen LogP contribution in [0.25, 0.3) is 11.3 Å². The lowest BCUT2D eigenvalue weighted by molar-refractivity contribution is -0.118. The zero-order valence-corrected chi connectivity index (χ0v) is 9.01. The van der Waals surface area contributed by atoms with Gasteiger partial charge in [-0.25, -0.2) is 0 Å². The lowest BCUT2D eigenvalue weighted by Gasteiger charge is -2.04. The molecule has 0 bridgehead atoms. The van der Waals surface area contributed by atoms with Crippen molar-refractivity contribution in [2.45, 2.75) is 6.42 Å². The average Bonchev–Trinajstić information content (AvgIpc) is 2.98. The summed E-state index contributed by atoms with van der Waals surface area (Å²) in [7, 11) is 0. The summed E-state index contributed by atoms with van der Waals surface area (Å²) in [6, 6.07) is 7.40. The first-order valence-corrected chi connectivity index (χ1v) is 5.32. The predicted octanol–water partition coefficient (Wildman–Crippen LogP) is 2.06. The van der Waals surface area contributed by atoms with Crippen LogP contribution in [0.4, 0.5) is 0 Å². The number of hydrogen-bond acceptors (Lipinski definition) is 3. The van der Waals surface area contributed by atoms with Gasteiger partial charge in [0.05, 0.1) is 18.4 Å². The van der Waals surface area contributed by atoms with Crippen LogP contribution in [-0.4, -0.2) is 10.9 Å². The zero-order chi connectivity index (χ0) is 11.7. The van der Waals surface area contributed by atoms with Gasteiger partial charge in [0.15, 0.2) is 0 Å². The van der Waals surface area contributed by atoms with E-state index in [0.29, 0.717) is 6.42 Å². The average molecular weight is 226 g/mol. The van der Waals surface area contributed by atoms with E-state index in [1.165, 1.54) is 0 Å². The third kappa shape index (κ3) is 1.73. The van der Waals surface area contributed by atoms with Crippen LogP contribution in [0.1, 0.15) is 17.7 Å². The Morgan fingerprint density at radius 1 is 1.24 bits per heavy atom. The molecule has 1 amide bonds. The van der Waals surface area contributed by atoms with Crippen molar-refractivity contribution in [2.75, 3.05) is 0 Å². The molecule has 1 aliphatic rings. The second-order valence-corrected chi connectivity index (χ2v) is 3.79. The van der Waals surface area contributed by atoms with Crippen LogP contribution < -0.4 is 5.32 Å². The standard InChI is InChI=1S/C13H10N2O2/c16-12-8-10(11-2-1-7-17-11)13(15-12)9-3-5-14-6-4-9/h1-7H,8H2,(H,15,16). The highest BCUT2D eigenvalue weighted by Crippen LogP contribution is 2.31. The molecule has 84 valence electrons. The van der Waals surface area contributed by atoms with E-state index in [9.17, 15) is 4.79 Å². The van der Waals surface area contributed by atoms with Crippen LogP contribution in [0.15, 0.2) is 47.3 Å². The van der Waals surface area contributed by atoms with Crippen molar-refractivity contribution in [1.29, 1.82) is 0 Å². The Balaban J connectivity index is 2.11. The van der Waals surface area contributed by atoms with Crippen LogP contribution in [0.5, 0.6) is 0 Å². The van der Waals surface area contributed by atoms with Crippen LogP contribution in [0, 0.1) is 0 Å². The van der Waals surface area contributed by atoms with E-state index >= 15 is 0 Å². The smallest absolute Gasteiger partial charge is 0.229 e. The normalized spacial score (nSPS) is 15.2. The molecule has 17 heavy (non-hydrogen) atoms. The SMILES string of the molecule is O=C1CC(c2ccco2)=C(c2ccncc2)N1. The summed E-state index contributed by atoms with van der Waals surface area (Å²) < 4.78 is 5.35. The zero-order valence-electron chi connectivity index (χ0n) is 9.01. The van der Waals surface area contributed by atoms with E-state index in [4.69, 9.17) is 4.42 Å². The molecular weight excluding hydrogens is 216 g/mol. The van der Waals surface area contributed by atoms with E-state index in [0.717, 1.165) is 22.6 Å². The number of nitrogens with zero attached hydrogens (tertiary/aromatic N) is 1. The maximum atomic E-state index is 11.5. The van der Waals surface area contributed by atoms with Gasteiger partial charge in [-0.15, -0.1) is 0 Å². The number of rotatable bonds is 2. The largest absolute Gasteiger partial charge is 0.465 e. The number of furan rings is 1. The summed E-state index contributed by atoms with van der Waals surface area (Å²) in [6.45, 7) is 0. The molecule has 2 aromatic heterocycles. The Kier molecular flexibility index (Phi) is 2.26. The fraction of sp³-hybridized carbons (Fsp3) is 0.0769. The van der Waals surface area contributed by atoms with E-state index in [2.05, 4.69) is 10.3 Å². The summed E-state index contributed by atoms with van der Waals surface area (Å²) in [5.74, 6) is 0.721. The molecule has 1 aliphatic heterocycles. The van der Waals surface area contributed by atoms with Gasteiger partial charge in [0.1, 0.15) is 5.76 Å². The highest BCUT2D eigenvalue weighted by Gasteiger charge is 2.24. The second kappa shape index (κ2) is 3.90. The molecule has 3 rings (SSSR count). The summed E-state index contributed by atoms with van der Waals surface area (Å²) in [5.41, 5.74) is 2.65. The maximum Gasteiger partial charge on any atom is 0.229 e. The first kappa shape index (κ1) is 9.84. The fourth-order valence-corrected chi connectivity index (χ4v) is 1.93. The van der Waals surface area contributed by atoms with Crippen molar-refractivity contribution in [3.63, 3.8) is 0 Å². The summed E-state index contributed by atoms with van der Waals surface area (Å²) in [5, 5.41) is 2.86. The molecule has 4 nitrogen and oxygen atoms in total. The number of amides is 1. The molecule has 4 heteroatoms. The van der Waals surface area contributed by atoms with Crippen molar-refractivity contribution < 1.29 is 9.21 Å². The van der Waals surface area contributed by atoms with Gasteiger partial charge in [-0.1, -0.05) is 0 Å². The van der Waals surface area contributed by atoms with Gasteiger partial charge in [0.2, 0.25) is 5.91 Å². The second-order valence-electron chi connectivity index (χ2n) is 3.79. The third-order valence-corrected chi connectivity index (χ3v) is 2.69. The first-order valence-electron chi connectivity index (χ1n) is 5.32. The van der Waals surface area contributed by atoms with E-state index in [1.807, 2.05) is 24.3 Å². The van der Waals surface area contributed by atoms with Crippen molar-refractivity contribution in [1.82, 2.24) is 10.3 Å². The minimum absolute atomic E-state index is 0.0109. The molecule has 0 radical (unpaired) electrons. The molecule has 3 heterocycles. The molecule has 0 atom stereocenters. The van der Waals surface area contributed by atoms with Gasteiger partial charge in [-0.3, -0.25) is 9.78 Å². The molecule has 0 saturated heterocycles. The maximum absolute atomic E-state index is 11.5. The topological polar surface area (TPSA) is 55.1 Å². The van der Waals surface area contributed by atoms with E-state index in [1.54, 1.807) is 18.7 Å². The van der Waals surface area contributed by atoms with Crippen molar-refractivity contribution in [3.8, 4) is 0 Å². The molecule has 2 aromatic rings. The Bertz CT molecular complexity index is 571. The molecule has 0 aliphatic carbocycles. The lowest BCUT2D eigenvalue weighted by Crippen LogP contribution is -2.14. The van der Waals surface area contributed by atoms with Crippen molar-refractivity contribution >= 4 is 17.2 Å². The Labute approximate surface area is 98.0 Å².